The van der Waals surface area contributed by atoms with Crippen LogP contribution in [0.4, 0.5) is 11.4 Å². The third kappa shape index (κ3) is 4.91. The summed E-state index contributed by atoms with van der Waals surface area (Å²) < 4.78 is 0. The molecule has 0 heterocycles. The molecule has 0 atom stereocenters. The minimum absolute atomic E-state index is 0.112. The number of benzene rings is 2. The Hall–Kier alpha value is -3.68. The highest BCUT2D eigenvalue weighted by atomic mass is 16.6. The van der Waals surface area contributed by atoms with Crippen molar-refractivity contribution in [3.63, 3.8) is 0 Å². The van der Waals surface area contributed by atoms with Crippen LogP contribution in [0.25, 0.3) is 6.08 Å². The van der Waals surface area contributed by atoms with Gasteiger partial charge in [0, 0.05) is 19.1 Å². The number of aromatic hydroxyl groups is 1. The van der Waals surface area contributed by atoms with Crippen molar-refractivity contribution in [1.29, 1.82) is 0 Å². The summed E-state index contributed by atoms with van der Waals surface area (Å²) in [6, 6.07) is 10.3. The number of phenolic OH excluding ortho intramolecular Hbond substituents is 1. The van der Waals surface area contributed by atoms with Gasteiger partial charge < -0.3 is 15.7 Å². The van der Waals surface area contributed by atoms with Crippen LogP contribution in [-0.4, -0.2) is 21.8 Å². The average molecular weight is 355 g/mol. The first-order chi connectivity index (χ1) is 12.3. The molecule has 0 bridgehead atoms. The van der Waals surface area contributed by atoms with Crippen LogP contribution >= 0.6 is 0 Å². The summed E-state index contributed by atoms with van der Waals surface area (Å²) in [6.45, 7) is 3.03. The Balaban J connectivity index is 2.35. The van der Waals surface area contributed by atoms with E-state index in [2.05, 4.69) is 10.6 Å². The van der Waals surface area contributed by atoms with Crippen LogP contribution in [0.15, 0.2) is 48.2 Å². The predicted octanol–water partition coefficient (Wildman–Crippen LogP) is 2.72. The Morgan fingerprint density at radius 3 is 2.58 bits per heavy atom. The van der Waals surface area contributed by atoms with Crippen LogP contribution in [0, 0.1) is 17.0 Å². The molecule has 8 nitrogen and oxygen atoms in total. The number of nitro groups is 1. The summed E-state index contributed by atoms with van der Waals surface area (Å²) in [6.07, 6.45) is 1.32. The molecule has 0 saturated heterocycles. The van der Waals surface area contributed by atoms with Gasteiger partial charge in [0.15, 0.2) is 0 Å². The zero-order valence-corrected chi connectivity index (χ0v) is 14.1. The number of carbonyl (C=O) groups is 2. The largest absolute Gasteiger partial charge is 0.506 e. The van der Waals surface area contributed by atoms with Crippen LogP contribution in [0.5, 0.6) is 5.75 Å². The minimum atomic E-state index is -0.674. The van der Waals surface area contributed by atoms with Crippen molar-refractivity contribution in [1.82, 2.24) is 5.32 Å². The highest BCUT2D eigenvalue weighted by molar-refractivity contribution is 6.09. The summed E-state index contributed by atoms with van der Waals surface area (Å²) in [4.78, 5) is 34.2. The molecule has 2 aromatic carbocycles. The molecule has 0 aliphatic rings. The molecule has 0 aromatic heterocycles. The standard InChI is InChI=1S/C18H17N3O5/c1-11-6-7-17(23)15(8-11)20-18(24)16(19-12(2)22)10-13-4-3-5-14(9-13)21(25)26/h3-10,23H,1-2H3,(H,19,22)(H,20,24). The second kappa shape index (κ2) is 7.93. The fourth-order valence-corrected chi connectivity index (χ4v) is 2.18. The van der Waals surface area contributed by atoms with E-state index in [1.54, 1.807) is 25.1 Å². The molecular formula is C18H17N3O5. The Labute approximate surface area is 149 Å². The number of hydrogen-bond donors (Lipinski definition) is 3. The van der Waals surface area contributed by atoms with E-state index in [1.165, 1.54) is 37.3 Å². The SMILES string of the molecule is CC(=O)NC(=Cc1cccc([N+](=O)[O-])c1)C(=O)Nc1cc(C)ccc1O. The van der Waals surface area contributed by atoms with Gasteiger partial charge in [0.1, 0.15) is 11.4 Å². The number of amides is 2. The predicted molar refractivity (Wildman–Crippen MR) is 96.4 cm³/mol. The van der Waals surface area contributed by atoms with Crippen molar-refractivity contribution in [2.75, 3.05) is 5.32 Å². The maximum Gasteiger partial charge on any atom is 0.272 e. The monoisotopic (exact) mass is 355 g/mol. The number of hydrogen-bond acceptors (Lipinski definition) is 5. The lowest BCUT2D eigenvalue weighted by molar-refractivity contribution is -0.384. The molecule has 0 saturated carbocycles. The molecule has 2 rings (SSSR count). The van der Waals surface area contributed by atoms with E-state index < -0.39 is 16.7 Å². The lowest BCUT2D eigenvalue weighted by atomic mass is 10.1. The maximum absolute atomic E-state index is 12.5. The Morgan fingerprint density at radius 1 is 1.19 bits per heavy atom. The van der Waals surface area contributed by atoms with Gasteiger partial charge in [-0.1, -0.05) is 18.2 Å². The third-order valence-electron chi connectivity index (χ3n) is 3.35. The highest BCUT2D eigenvalue weighted by Gasteiger charge is 2.14. The number of carbonyl (C=O) groups excluding carboxylic acids is 2. The van der Waals surface area contributed by atoms with Gasteiger partial charge in [-0.05, 0) is 36.3 Å². The van der Waals surface area contributed by atoms with Crippen molar-refractivity contribution < 1.29 is 19.6 Å². The van der Waals surface area contributed by atoms with Crippen molar-refractivity contribution >= 4 is 29.3 Å². The Bertz CT molecular complexity index is 905. The van der Waals surface area contributed by atoms with Crippen molar-refractivity contribution in [3.05, 3.63) is 69.4 Å². The minimum Gasteiger partial charge on any atom is -0.506 e. The van der Waals surface area contributed by atoms with Gasteiger partial charge in [-0.3, -0.25) is 19.7 Å². The van der Waals surface area contributed by atoms with E-state index >= 15 is 0 Å². The molecule has 8 heteroatoms. The fraction of sp³-hybridized carbons (Fsp3) is 0.111. The summed E-state index contributed by atoms with van der Waals surface area (Å²) in [5.74, 6) is -1.28. The van der Waals surface area contributed by atoms with Gasteiger partial charge >= 0.3 is 0 Å². The first kappa shape index (κ1) is 18.7. The van der Waals surface area contributed by atoms with Crippen molar-refractivity contribution in [2.45, 2.75) is 13.8 Å². The van der Waals surface area contributed by atoms with Gasteiger partial charge in [-0.25, -0.2) is 0 Å². The third-order valence-corrected chi connectivity index (χ3v) is 3.35. The zero-order valence-electron chi connectivity index (χ0n) is 14.1. The molecular weight excluding hydrogens is 338 g/mol. The molecule has 0 aliphatic carbocycles. The number of nitro benzene ring substituents is 1. The van der Waals surface area contributed by atoms with Crippen LogP contribution in [0.3, 0.4) is 0 Å². The van der Waals surface area contributed by atoms with E-state index in [0.717, 1.165) is 5.56 Å². The normalized spacial score (nSPS) is 10.9. The molecule has 0 spiro atoms. The maximum atomic E-state index is 12.5. The first-order valence-corrected chi connectivity index (χ1v) is 7.61. The summed E-state index contributed by atoms with van der Waals surface area (Å²) in [5, 5.41) is 25.6. The van der Waals surface area contributed by atoms with Gasteiger partial charge in [0.25, 0.3) is 11.6 Å². The van der Waals surface area contributed by atoms with Crippen LogP contribution in [-0.2, 0) is 9.59 Å². The molecule has 0 fully saturated rings. The number of aryl methyl sites for hydroxylation is 1. The Morgan fingerprint density at radius 2 is 1.92 bits per heavy atom. The molecule has 26 heavy (non-hydrogen) atoms. The van der Waals surface area contributed by atoms with Gasteiger partial charge in [-0.15, -0.1) is 0 Å². The fourth-order valence-electron chi connectivity index (χ4n) is 2.18. The molecule has 134 valence electrons. The summed E-state index contributed by atoms with van der Waals surface area (Å²) in [5.41, 5.74) is 1.12. The number of nitrogens with one attached hydrogen (secondary N) is 2. The van der Waals surface area contributed by atoms with E-state index in [0.29, 0.717) is 5.56 Å². The van der Waals surface area contributed by atoms with Gasteiger partial charge in [0.05, 0.1) is 10.6 Å². The second-order valence-corrected chi connectivity index (χ2v) is 5.57. The first-order valence-electron chi connectivity index (χ1n) is 7.61. The second-order valence-electron chi connectivity index (χ2n) is 5.57. The van der Waals surface area contributed by atoms with Crippen LogP contribution in [0.2, 0.25) is 0 Å². The number of nitrogens with zero attached hydrogens (tertiary/aromatic N) is 1. The smallest absolute Gasteiger partial charge is 0.272 e. The lowest BCUT2D eigenvalue weighted by Crippen LogP contribution is -2.29. The zero-order chi connectivity index (χ0) is 19.3. The number of phenols is 1. The van der Waals surface area contributed by atoms with E-state index in [1.807, 2.05) is 0 Å². The Kier molecular flexibility index (Phi) is 5.69. The molecule has 0 aliphatic heterocycles. The van der Waals surface area contributed by atoms with Crippen LogP contribution < -0.4 is 10.6 Å². The molecule has 0 unspecified atom stereocenters. The topological polar surface area (TPSA) is 122 Å². The molecule has 0 radical (unpaired) electrons. The van der Waals surface area contributed by atoms with Gasteiger partial charge in [0.2, 0.25) is 5.91 Å². The molecule has 2 aromatic rings. The lowest BCUT2D eigenvalue weighted by Gasteiger charge is -2.11. The van der Waals surface area contributed by atoms with E-state index in [4.69, 9.17) is 0 Å². The average Bonchev–Trinajstić information content (AvgIpc) is 2.57. The van der Waals surface area contributed by atoms with Crippen molar-refractivity contribution in [3.8, 4) is 5.75 Å². The summed E-state index contributed by atoms with van der Waals surface area (Å²) >= 11 is 0. The summed E-state index contributed by atoms with van der Waals surface area (Å²) in [7, 11) is 0. The molecule has 3 N–H and O–H groups in total. The number of rotatable bonds is 5. The van der Waals surface area contributed by atoms with Crippen LogP contribution in [0.1, 0.15) is 18.1 Å². The quantitative estimate of drug-likeness (QED) is 0.329. The van der Waals surface area contributed by atoms with Gasteiger partial charge in [-0.2, -0.15) is 0 Å². The molecule has 2 amide bonds. The van der Waals surface area contributed by atoms with E-state index in [-0.39, 0.29) is 22.8 Å². The number of anilines is 1. The highest BCUT2D eigenvalue weighted by Crippen LogP contribution is 2.24. The number of non-ortho nitro benzene ring substituents is 1. The van der Waals surface area contributed by atoms with Crippen molar-refractivity contribution in [2.24, 2.45) is 0 Å². The van der Waals surface area contributed by atoms with E-state index in [9.17, 15) is 24.8 Å².